The summed E-state index contributed by atoms with van der Waals surface area (Å²) in [5.74, 6) is 0.504. The molecule has 0 unspecified atom stereocenters. The molecule has 0 aromatic carbocycles. The average Bonchev–Trinajstić information content (AvgIpc) is 1.59. The maximum Gasteiger partial charge on any atom is 0.242 e. The predicted octanol–water partition coefficient (Wildman–Crippen LogP) is 1.11. The van der Waals surface area contributed by atoms with Crippen molar-refractivity contribution in [2.45, 2.75) is 0 Å². The van der Waals surface area contributed by atoms with Gasteiger partial charge in [0.2, 0.25) is 5.69 Å². The van der Waals surface area contributed by atoms with Crippen LogP contribution in [0.1, 0.15) is 0 Å². The molecule has 0 spiro atoms. The molecule has 0 radical (unpaired) electrons. The van der Waals surface area contributed by atoms with Crippen molar-refractivity contribution in [2.75, 3.05) is 5.75 Å². The van der Waals surface area contributed by atoms with E-state index in [1.54, 1.807) is 6.08 Å². The molecule has 0 aliphatic heterocycles. The molecule has 2 N–H and O–H groups in total. The monoisotopic (exact) mass is 170 g/mol. The highest BCUT2D eigenvalue weighted by Crippen LogP contribution is 2.50. The minimum atomic E-state index is -3.00. The lowest BCUT2D eigenvalue weighted by molar-refractivity contribution is 0.502. The minimum absolute atomic E-state index is 0.504. The highest BCUT2D eigenvalue weighted by molar-refractivity contribution is 8.67. The largest absolute Gasteiger partial charge is 0.338 e. The van der Waals surface area contributed by atoms with Gasteiger partial charge in [0, 0.05) is 5.75 Å². The smallest absolute Gasteiger partial charge is 0.242 e. The maximum atomic E-state index is 8.55. The quantitative estimate of drug-likeness (QED) is 0.492. The second kappa shape index (κ2) is 3.64. The van der Waals surface area contributed by atoms with Gasteiger partial charge < -0.3 is 9.79 Å². The van der Waals surface area contributed by atoms with Crippen molar-refractivity contribution in [1.29, 1.82) is 0 Å². The summed E-state index contributed by atoms with van der Waals surface area (Å²) in [6.07, 6.45) is 1.58. The van der Waals surface area contributed by atoms with Gasteiger partial charge in [-0.2, -0.15) is 0 Å². The first-order valence-electron chi connectivity index (χ1n) is 1.87. The lowest BCUT2D eigenvalue weighted by atomic mass is 10.8. The lowest BCUT2D eigenvalue weighted by Gasteiger charge is -2.01. The molecular weight excluding hydrogens is 163 g/mol. The van der Waals surface area contributed by atoms with Crippen LogP contribution in [0.3, 0.4) is 0 Å². The lowest BCUT2D eigenvalue weighted by Crippen LogP contribution is -1.70. The molecule has 5 heteroatoms. The van der Waals surface area contributed by atoms with Crippen LogP contribution < -0.4 is 0 Å². The first-order valence-corrected chi connectivity index (χ1v) is 6.17. The van der Waals surface area contributed by atoms with Gasteiger partial charge in [0.15, 0.2) is 0 Å². The Morgan fingerprint density at radius 1 is 1.75 bits per heavy atom. The molecule has 0 heterocycles. The van der Waals surface area contributed by atoms with Crippen LogP contribution in [0.15, 0.2) is 12.7 Å². The number of hydrogen-bond acceptors (Lipinski definition) is 2. The minimum Gasteiger partial charge on any atom is -0.338 e. The molecule has 48 valence electrons. The summed E-state index contributed by atoms with van der Waals surface area (Å²) in [5, 5.41) is 0. The van der Waals surface area contributed by atoms with Gasteiger partial charge in [-0.1, -0.05) is 17.5 Å². The maximum absolute atomic E-state index is 8.55. The van der Waals surface area contributed by atoms with Crippen molar-refractivity contribution in [3.05, 3.63) is 12.7 Å². The Balaban J connectivity index is 3.40. The predicted molar refractivity (Wildman–Crippen MR) is 41.4 cm³/mol. The van der Waals surface area contributed by atoms with Crippen molar-refractivity contribution >= 4 is 28.9 Å². The van der Waals surface area contributed by atoms with Crippen LogP contribution in [-0.4, -0.2) is 15.5 Å². The summed E-state index contributed by atoms with van der Waals surface area (Å²) in [5.41, 5.74) is -3.00. The highest BCUT2D eigenvalue weighted by atomic mass is 32.9. The molecule has 0 fully saturated rings. The molecule has 0 saturated heterocycles. The van der Waals surface area contributed by atoms with Crippen LogP contribution in [0.4, 0.5) is 0 Å². The molecule has 0 aliphatic carbocycles. The van der Waals surface area contributed by atoms with Crippen molar-refractivity contribution in [3.63, 3.8) is 0 Å². The van der Waals surface area contributed by atoms with Crippen LogP contribution in [0.2, 0.25) is 0 Å². The SMILES string of the molecule is C=CCSP(O)(O)=S. The van der Waals surface area contributed by atoms with Gasteiger partial charge in [0.05, 0.1) is 0 Å². The molecular formula is C3H7O2PS2. The third kappa shape index (κ3) is 6.66. The second-order valence-electron chi connectivity index (χ2n) is 1.08. The van der Waals surface area contributed by atoms with Crippen LogP contribution in [0.5, 0.6) is 0 Å². The molecule has 2 nitrogen and oxygen atoms in total. The van der Waals surface area contributed by atoms with Gasteiger partial charge in [0.1, 0.15) is 0 Å². The summed E-state index contributed by atoms with van der Waals surface area (Å²) in [6, 6.07) is 0. The third-order valence-electron chi connectivity index (χ3n) is 0.361. The summed E-state index contributed by atoms with van der Waals surface area (Å²) in [7, 11) is 0. The van der Waals surface area contributed by atoms with Crippen LogP contribution in [-0.2, 0) is 11.8 Å². The first kappa shape index (κ1) is 8.66. The van der Waals surface area contributed by atoms with E-state index in [0.29, 0.717) is 5.75 Å². The standard InChI is InChI=1S/C3H7O2PS2/c1-2-3-8-6(4,5)7/h2H,1,3H2,(H2,4,5,7). The molecule has 0 aliphatic rings. The number of hydrogen-bond donors (Lipinski definition) is 2. The Morgan fingerprint density at radius 3 is 2.38 bits per heavy atom. The summed E-state index contributed by atoms with van der Waals surface area (Å²) >= 11 is 5.24. The van der Waals surface area contributed by atoms with Gasteiger partial charge in [-0.05, 0) is 11.8 Å². The van der Waals surface area contributed by atoms with E-state index >= 15 is 0 Å². The van der Waals surface area contributed by atoms with Gasteiger partial charge in [-0.3, -0.25) is 0 Å². The molecule has 0 aromatic rings. The topological polar surface area (TPSA) is 40.5 Å². The Hall–Kier alpha value is 0.660. The molecule has 0 atom stereocenters. The van der Waals surface area contributed by atoms with Crippen molar-refractivity contribution in [3.8, 4) is 0 Å². The zero-order valence-corrected chi connectivity index (χ0v) is 6.68. The van der Waals surface area contributed by atoms with E-state index in [1.807, 2.05) is 0 Å². The normalized spacial score (nSPS) is 11.2. The first-order chi connectivity index (χ1) is 3.56. The molecule has 0 saturated carbocycles. The zero-order valence-electron chi connectivity index (χ0n) is 4.15. The van der Waals surface area contributed by atoms with Crippen molar-refractivity contribution < 1.29 is 9.79 Å². The summed E-state index contributed by atoms with van der Waals surface area (Å²) < 4.78 is 0. The van der Waals surface area contributed by atoms with E-state index in [-0.39, 0.29) is 0 Å². The van der Waals surface area contributed by atoms with E-state index in [1.165, 1.54) is 0 Å². The Kier molecular flexibility index (Phi) is 3.94. The Morgan fingerprint density at radius 2 is 2.25 bits per heavy atom. The van der Waals surface area contributed by atoms with E-state index in [9.17, 15) is 0 Å². The molecule has 0 aromatic heterocycles. The van der Waals surface area contributed by atoms with E-state index < -0.39 is 5.69 Å². The fourth-order valence-electron chi connectivity index (χ4n) is 0.150. The highest BCUT2D eigenvalue weighted by Gasteiger charge is 2.03. The Labute approximate surface area is 57.5 Å². The van der Waals surface area contributed by atoms with Crippen LogP contribution in [0.25, 0.3) is 0 Å². The molecule has 0 bridgehead atoms. The molecule has 0 amide bonds. The van der Waals surface area contributed by atoms with Crippen molar-refractivity contribution in [1.82, 2.24) is 0 Å². The van der Waals surface area contributed by atoms with Gasteiger partial charge in [-0.25, -0.2) is 0 Å². The fraction of sp³-hybridized carbons (Fsp3) is 0.333. The van der Waals surface area contributed by atoms with Crippen molar-refractivity contribution in [2.24, 2.45) is 0 Å². The van der Waals surface area contributed by atoms with Gasteiger partial charge in [0.25, 0.3) is 0 Å². The summed E-state index contributed by atoms with van der Waals surface area (Å²) in [6.45, 7) is 3.39. The molecule has 8 heavy (non-hydrogen) atoms. The Bertz CT molecular complexity index is 118. The van der Waals surface area contributed by atoms with E-state index in [4.69, 9.17) is 9.79 Å². The van der Waals surface area contributed by atoms with Gasteiger partial charge in [-0.15, -0.1) is 6.58 Å². The number of rotatable bonds is 3. The third-order valence-corrected chi connectivity index (χ3v) is 3.49. The summed E-state index contributed by atoms with van der Waals surface area (Å²) in [4.78, 5) is 17.1. The molecule has 0 rings (SSSR count). The average molecular weight is 170 g/mol. The zero-order chi connectivity index (χ0) is 6.62. The second-order valence-corrected chi connectivity index (χ2v) is 7.17. The van der Waals surface area contributed by atoms with Crippen LogP contribution in [0, 0.1) is 0 Å². The van der Waals surface area contributed by atoms with E-state index in [0.717, 1.165) is 11.4 Å². The fourth-order valence-corrected chi connectivity index (χ4v) is 1.90. The van der Waals surface area contributed by atoms with E-state index in [2.05, 4.69) is 18.4 Å². The van der Waals surface area contributed by atoms with Gasteiger partial charge >= 0.3 is 0 Å². The van der Waals surface area contributed by atoms with Crippen LogP contribution >= 0.6 is 17.1 Å².